The summed E-state index contributed by atoms with van der Waals surface area (Å²) in [6.45, 7) is 5.20. The van der Waals surface area contributed by atoms with Gasteiger partial charge in [0.2, 0.25) is 5.91 Å². The number of benzene rings is 2. The molecule has 3 aliphatic heterocycles. The molecule has 2 aromatic rings. The van der Waals surface area contributed by atoms with Crippen LogP contribution in [0.15, 0.2) is 54.6 Å². The van der Waals surface area contributed by atoms with Crippen LogP contribution in [0.3, 0.4) is 0 Å². The van der Waals surface area contributed by atoms with Crippen LogP contribution < -0.4 is 4.90 Å². The highest BCUT2D eigenvalue weighted by Crippen LogP contribution is 2.39. The van der Waals surface area contributed by atoms with Gasteiger partial charge >= 0.3 is 0 Å². The second kappa shape index (κ2) is 9.72. The quantitative estimate of drug-likeness (QED) is 0.668. The first-order valence-corrected chi connectivity index (χ1v) is 12.8. The predicted octanol–water partition coefficient (Wildman–Crippen LogP) is 3.15. The van der Waals surface area contributed by atoms with Gasteiger partial charge in [0.15, 0.2) is 0 Å². The molecule has 0 N–H and O–H groups in total. The molecule has 7 nitrogen and oxygen atoms in total. The minimum absolute atomic E-state index is 0.00768. The lowest BCUT2D eigenvalue weighted by molar-refractivity contribution is -0.140. The Labute approximate surface area is 207 Å². The van der Waals surface area contributed by atoms with Gasteiger partial charge in [0.1, 0.15) is 12.1 Å². The van der Waals surface area contributed by atoms with Crippen molar-refractivity contribution in [2.45, 2.75) is 44.6 Å². The molecule has 3 heterocycles. The Morgan fingerprint density at radius 1 is 0.857 bits per heavy atom. The predicted molar refractivity (Wildman–Crippen MR) is 135 cm³/mol. The number of rotatable bonds is 5. The Kier molecular flexibility index (Phi) is 6.50. The monoisotopic (exact) mass is 474 g/mol. The van der Waals surface area contributed by atoms with E-state index in [1.54, 1.807) is 4.90 Å². The van der Waals surface area contributed by atoms with Gasteiger partial charge in [-0.3, -0.25) is 14.4 Å². The van der Waals surface area contributed by atoms with Crippen molar-refractivity contribution < 1.29 is 14.4 Å². The van der Waals surface area contributed by atoms with Crippen molar-refractivity contribution in [2.24, 2.45) is 0 Å². The summed E-state index contributed by atoms with van der Waals surface area (Å²) >= 11 is 0. The highest BCUT2D eigenvalue weighted by Gasteiger charge is 2.54. The van der Waals surface area contributed by atoms with Gasteiger partial charge in [0, 0.05) is 37.4 Å². The van der Waals surface area contributed by atoms with Crippen LogP contribution in [0.25, 0.3) is 0 Å². The zero-order chi connectivity index (χ0) is 24.4. The molecular formula is C28H34N4O3. The van der Waals surface area contributed by atoms with E-state index in [0.717, 1.165) is 38.0 Å². The Hall–Kier alpha value is -3.35. The summed E-state index contributed by atoms with van der Waals surface area (Å²) < 4.78 is 0. The van der Waals surface area contributed by atoms with Gasteiger partial charge in [-0.15, -0.1) is 0 Å². The van der Waals surface area contributed by atoms with E-state index in [4.69, 9.17) is 0 Å². The number of anilines is 1. The van der Waals surface area contributed by atoms with Crippen LogP contribution in [-0.2, 0) is 16.0 Å². The van der Waals surface area contributed by atoms with E-state index in [0.29, 0.717) is 38.2 Å². The second-order valence-electron chi connectivity index (χ2n) is 9.87. The van der Waals surface area contributed by atoms with E-state index < -0.39 is 5.54 Å². The lowest BCUT2D eigenvalue weighted by Crippen LogP contribution is -2.57. The van der Waals surface area contributed by atoms with Gasteiger partial charge < -0.3 is 19.6 Å². The number of piperidine rings is 1. The Morgan fingerprint density at radius 2 is 1.51 bits per heavy atom. The van der Waals surface area contributed by atoms with Gasteiger partial charge in [-0.25, -0.2) is 0 Å². The Morgan fingerprint density at radius 3 is 2.14 bits per heavy atom. The van der Waals surface area contributed by atoms with Crippen molar-refractivity contribution in [3.8, 4) is 0 Å². The van der Waals surface area contributed by atoms with Gasteiger partial charge in [-0.05, 0) is 61.9 Å². The fourth-order valence-electron chi connectivity index (χ4n) is 5.70. The van der Waals surface area contributed by atoms with Crippen molar-refractivity contribution in [1.29, 1.82) is 0 Å². The fraction of sp³-hybridized carbons (Fsp3) is 0.464. The third-order valence-corrected chi connectivity index (χ3v) is 7.85. The summed E-state index contributed by atoms with van der Waals surface area (Å²) in [6, 6.07) is 17.8. The van der Waals surface area contributed by atoms with E-state index in [1.165, 1.54) is 5.56 Å². The molecule has 0 radical (unpaired) electrons. The van der Waals surface area contributed by atoms with Crippen molar-refractivity contribution >= 4 is 23.4 Å². The summed E-state index contributed by atoms with van der Waals surface area (Å²) in [6.07, 6.45) is 4.10. The van der Waals surface area contributed by atoms with E-state index >= 15 is 0 Å². The molecule has 184 valence electrons. The molecule has 0 atom stereocenters. The molecule has 7 heteroatoms. The van der Waals surface area contributed by atoms with Gasteiger partial charge in [-0.2, -0.15) is 0 Å². The lowest BCUT2D eigenvalue weighted by atomic mass is 9.85. The number of aryl methyl sites for hydroxylation is 1. The highest BCUT2D eigenvalue weighted by atomic mass is 16.2. The SMILES string of the molecule is CCc1ccc(C(=O)N2CCC3(CC2)C(=O)N(CC(=O)N2CCCC2)CN3c2ccccc2)cc1. The summed E-state index contributed by atoms with van der Waals surface area (Å²) in [4.78, 5) is 47.5. The van der Waals surface area contributed by atoms with Crippen molar-refractivity contribution in [3.05, 3.63) is 65.7 Å². The largest absolute Gasteiger partial charge is 0.341 e. The number of carbonyl (C=O) groups is 3. The summed E-state index contributed by atoms with van der Waals surface area (Å²) in [5.41, 5.74) is 2.15. The average Bonchev–Trinajstić information content (AvgIpc) is 3.53. The van der Waals surface area contributed by atoms with Crippen molar-refractivity contribution in [1.82, 2.24) is 14.7 Å². The number of hydrogen-bond donors (Lipinski definition) is 0. The minimum atomic E-state index is -0.727. The zero-order valence-electron chi connectivity index (χ0n) is 20.5. The number of nitrogens with zero attached hydrogens (tertiary/aromatic N) is 4. The normalized spacial score (nSPS) is 19.6. The standard InChI is InChI=1S/C28H34N4O3/c1-2-22-10-12-23(13-11-22)26(34)30-18-14-28(15-19-30)27(35)31(20-25(33)29-16-6-7-17-29)21-32(28)24-8-4-3-5-9-24/h3-5,8-13H,2,6-7,14-21H2,1H3. The van der Waals surface area contributed by atoms with Crippen molar-refractivity contribution in [3.63, 3.8) is 0 Å². The maximum absolute atomic E-state index is 13.8. The van der Waals surface area contributed by atoms with E-state index in [1.807, 2.05) is 64.4 Å². The molecule has 1 spiro atoms. The van der Waals surface area contributed by atoms with Crippen LogP contribution in [0, 0.1) is 0 Å². The fourth-order valence-corrected chi connectivity index (χ4v) is 5.70. The summed E-state index contributed by atoms with van der Waals surface area (Å²) in [5.74, 6) is 0.0534. The molecule has 3 aliphatic rings. The van der Waals surface area contributed by atoms with E-state index in [9.17, 15) is 14.4 Å². The Balaban J connectivity index is 1.34. The first-order valence-electron chi connectivity index (χ1n) is 12.8. The van der Waals surface area contributed by atoms with Crippen LogP contribution in [0.1, 0.15) is 48.5 Å². The van der Waals surface area contributed by atoms with Gasteiger partial charge in [0.25, 0.3) is 11.8 Å². The number of likely N-dealkylation sites (tertiary alicyclic amines) is 2. The molecule has 3 saturated heterocycles. The third-order valence-electron chi connectivity index (χ3n) is 7.85. The molecular weight excluding hydrogens is 440 g/mol. The van der Waals surface area contributed by atoms with Crippen LogP contribution in [0.4, 0.5) is 5.69 Å². The maximum Gasteiger partial charge on any atom is 0.253 e. The molecule has 3 fully saturated rings. The minimum Gasteiger partial charge on any atom is -0.341 e. The maximum atomic E-state index is 13.8. The smallest absolute Gasteiger partial charge is 0.253 e. The molecule has 5 rings (SSSR count). The third kappa shape index (κ3) is 4.40. The van der Waals surface area contributed by atoms with Gasteiger partial charge in [0.05, 0.1) is 6.67 Å². The number of amides is 3. The first-order chi connectivity index (χ1) is 17.0. The lowest BCUT2D eigenvalue weighted by Gasteiger charge is -2.43. The number of para-hydroxylation sites is 1. The van der Waals surface area contributed by atoms with Crippen molar-refractivity contribution in [2.75, 3.05) is 44.3 Å². The van der Waals surface area contributed by atoms with E-state index in [-0.39, 0.29) is 24.3 Å². The molecule has 0 unspecified atom stereocenters. The van der Waals surface area contributed by atoms with Crippen LogP contribution in [0.2, 0.25) is 0 Å². The molecule has 3 amide bonds. The van der Waals surface area contributed by atoms with Crippen LogP contribution in [0.5, 0.6) is 0 Å². The molecule has 0 aliphatic carbocycles. The molecule has 0 saturated carbocycles. The summed E-state index contributed by atoms with van der Waals surface area (Å²) in [7, 11) is 0. The van der Waals surface area contributed by atoms with Crippen LogP contribution in [-0.4, -0.2) is 77.4 Å². The Bertz CT molecular complexity index is 1070. The second-order valence-corrected chi connectivity index (χ2v) is 9.87. The highest BCUT2D eigenvalue weighted by molar-refractivity contribution is 5.97. The van der Waals surface area contributed by atoms with Gasteiger partial charge in [-0.1, -0.05) is 37.3 Å². The summed E-state index contributed by atoms with van der Waals surface area (Å²) in [5, 5.41) is 0. The zero-order valence-corrected chi connectivity index (χ0v) is 20.5. The number of hydrogen-bond acceptors (Lipinski definition) is 4. The topological polar surface area (TPSA) is 64.2 Å². The molecule has 0 bridgehead atoms. The molecule has 35 heavy (non-hydrogen) atoms. The molecule has 2 aromatic carbocycles. The first kappa shape index (κ1) is 23.4. The number of carbonyl (C=O) groups excluding carboxylic acids is 3. The average molecular weight is 475 g/mol. The molecule has 0 aromatic heterocycles. The van der Waals surface area contributed by atoms with E-state index in [2.05, 4.69) is 11.8 Å². The van der Waals surface area contributed by atoms with Crippen LogP contribution >= 0.6 is 0 Å².